The third-order valence-corrected chi connectivity index (χ3v) is 5.00. The summed E-state index contributed by atoms with van der Waals surface area (Å²) >= 11 is 0. The van der Waals surface area contributed by atoms with Crippen LogP contribution in [-0.2, 0) is 22.4 Å². The maximum absolute atomic E-state index is 12.4. The number of carbonyl (C=O) groups is 3. The van der Waals surface area contributed by atoms with Gasteiger partial charge in [0.25, 0.3) is 11.5 Å². The molecule has 0 aliphatic rings. The molecule has 0 unspecified atom stereocenters. The summed E-state index contributed by atoms with van der Waals surface area (Å²) in [5.41, 5.74) is 7.73. The van der Waals surface area contributed by atoms with Crippen molar-refractivity contribution in [1.82, 2.24) is 20.3 Å². The van der Waals surface area contributed by atoms with E-state index in [1.54, 1.807) is 30.5 Å². The molecule has 11 nitrogen and oxygen atoms in total. The van der Waals surface area contributed by atoms with E-state index < -0.39 is 23.9 Å². The number of hydrogen-bond donors (Lipinski definition) is 6. The summed E-state index contributed by atoms with van der Waals surface area (Å²) in [7, 11) is 0. The predicted molar refractivity (Wildman–Crippen MR) is 115 cm³/mol. The molecular weight excluding hydrogens is 418 g/mol. The van der Waals surface area contributed by atoms with Gasteiger partial charge < -0.3 is 26.2 Å². The maximum Gasteiger partial charge on any atom is 0.305 e. The number of H-pyrrole nitrogens is 2. The van der Waals surface area contributed by atoms with Crippen LogP contribution >= 0.6 is 0 Å². The molecule has 32 heavy (non-hydrogen) atoms. The number of aryl methyl sites for hydroxylation is 2. The van der Waals surface area contributed by atoms with E-state index in [9.17, 15) is 19.2 Å². The fourth-order valence-corrected chi connectivity index (χ4v) is 3.42. The van der Waals surface area contributed by atoms with Crippen LogP contribution in [0.2, 0.25) is 0 Å². The summed E-state index contributed by atoms with van der Waals surface area (Å²) in [5.74, 6) is -2.61. The van der Waals surface area contributed by atoms with Crippen LogP contribution in [0.15, 0.2) is 35.3 Å². The van der Waals surface area contributed by atoms with Gasteiger partial charge in [-0.05, 0) is 42.5 Å². The van der Waals surface area contributed by atoms with Gasteiger partial charge >= 0.3 is 11.9 Å². The first-order valence-electron chi connectivity index (χ1n) is 9.92. The molecule has 0 fully saturated rings. The molecule has 168 valence electrons. The molecule has 11 heteroatoms. The van der Waals surface area contributed by atoms with Gasteiger partial charge in [-0.2, -0.15) is 4.98 Å². The highest BCUT2D eigenvalue weighted by Gasteiger charge is 2.18. The number of nitrogens with zero attached hydrogens (tertiary/aromatic N) is 1. The van der Waals surface area contributed by atoms with Gasteiger partial charge in [0.2, 0.25) is 5.95 Å². The van der Waals surface area contributed by atoms with Crippen molar-refractivity contribution in [2.24, 2.45) is 0 Å². The monoisotopic (exact) mass is 441 g/mol. The number of carboxylic acid groups (broad SMARTS) is 2. The molecule has 3 aromatic rings. The van der Waals surface area contributed by atoms with Gasteiger partial charge in [0.1, 0.15) is 5.65 Å². The summed E-state index contributed by atoms with van der Waals surface area (Å²) < 4.78 is 0. The van der Waals surface area contributed by atoms with Crippen molar-refractivity contribution in [1.29, 1.82) is 0 Å². The average Bonchev–Trinajstić information content (AvgIpc) is 3.13. The minimum Gasteiger partial charge on any atom is -0.481 e. The second-order valence-electron chi connectivity index (χ2n) is 7.39. The first-order chi connectivity index (χ1) is 15.2. The third kappa shape index (κ3) is 5.72. The predicted octanol–water partition coefficient (Wildman–Crippen LogP) is 1.06. The Labute approximate surface area is 181 Å². The molecule has 0 bridgehead atoms. The van der Waals surface area contributed by atoms with Crippen LogP contribution in [0.4, 0.5) is 5.95 Å². The topological polar surface area (TPSA) is 191 Å². The third-order valence-electron chi connectivity index (χ3n) is 5.00. The number of aromatic nitrogens is 3. The lowest BCUT2D eigenvalue weighted by Gasteiger charge is -2.16. The molecule has 0 saturated heterocycles. The summed E-state index contributed by atoms with van der Waals surface area (Å²) in [5, 5.41) is 20.8. The molecule has 2 aromatic heterocycles. The van der Waals surface area contributed by atoms with Crippen molar-refractivity contribution in [3.05, 3.63) is 57.5 Å². The van der Waals surface area contributed by atoms with Crippen molar-refractivity contribution in [2.75, 3.05) is 5.73 Å². The van der Waals surface area contributed by atoms with Crippen LogP contribution in [-0.4, -0.2) is 49.1 Å². The number of carbonyl (C=O) groups excluding carboxylic acids is 1. The van der Waals surface area contributed by atoms with Gasteiger partial charge in [0.15, 0.2) is 0 Å². The Balaban J connectivity index is 1.63. The van der Waals surface area contributed by atoms with Crippen molar-refractivity contribution in [2.45, 2.75) is 38.1 Å². The van der Waals surface area contributed by atoms with Crippen LogP contribution in [0, 0.1) is 0 Å². The summed E-state index contributed by atoms with van der Waals surface area (Å²) in [6.07, 6.45) is 2.32. The smallest absolute Gasteiger partial charge is 0.305 e. The Morgan fingerprint density at radius 2 is 1.81 bits per heavy atom. The number of nitrogens with one attached hydrogen (secondary N) is 3. The Kier molecular flexibility index (Phi) is 6.88. The van der Waals surface area contributed by atoms with Gasteiger partial charge in [-0.15, -0.1) is 0 Å². The lowest BCUT2D eigenvalue weighted by Crippen LogP contribution is -2.36. The first kappa shape index (κ1) is 22.5. The number of carboxylic acids is 2. The van der Waals surface area contributed by atoms with E-state index >= 15 is 0 Å². The second kappa shape index (κ2) is 9.77. The highest BCUT2D eigenvalue weighted by atomic mass is 16.4. The number of aliphatic carboxylic acids is 2. The molecule has 0 spiro atoms. The number of rotatable bonds is 10. The molecule has 7 N–H and O–H groups in total. The summed E-state index contributed by atoms with van der Waals surface area (Å²) in [6, 6.07) is 5.99. The standard InChI is InChI=1S/C21H23N5O6/c22-21-25-18-17(20(32)26-21)13(10-23-18)6-3-11-1-4-12(5-2-11)19(31)24-14(9-16(29)30)7-8-15(27)28/h1-2,4-5,10,14H,3,6-9H2,(H,24,31)(H,27,28)(H,29,30)(H4,22,23,25,26,32)/t14-/m0/s1. The van der Waals surface area contributed by atoms with E-state index in [0.29, 0.717) is 29.4 Å². The van der Waals surface area contributed by atoms with Gasteiger partial charge in [0.05, 0.1) is 11.8 Å². The minimum absolute atomic E-state index is 0.0235. The van der Waals surface area contributed by atoms with E-state index in [0.717, 1.165) is 11.1 Å². The Hall–Kier alpha value is -4.15. The fraction of sp³-hybridized carbons (Fsp3) is 0.286. The largest absolute Gasteiger partial charge is 0.481 e. The van der Waals surface area contributed by atoms with Gasteiger partial charge in [-0.3, -0.25) is 24.2 Å². The molecule has 0 radical (unpaired) electrons. The van der Waals surface area contributed by atoms with E-state index in [4.69, 9.17) is 15.9 Å². The maximum atomic E-state index is 12.4. The molecule has 2 heterocycles. The number of nitrogens with two attached hydrogens (primary N) is 1. The fourth-order valence-electron chi connectivity index (χ4n) is 3.42. The Morgan fingerprint density at radius 3 is 2.47 bits per heavy atom. The molecule has 3 rings (SSSR count). The van der Waals surface area contributed by atoms with Crippen LogP contribution < -0.4 is 16.6 Å². The summed E-state index contributed by atoms with van der Waals surface area (Å²) in [6.45, 7) is 0. The molecule has 1 atom stereocenters. The number of nitrogen functional groups attached to an aromatic ring is 1. The van der Waals surface area contributed by atoms with Crippen LogP contribution in [0.3, 0.4) is 0 Å². The van der Waals surface area contributed by atoms with Crippen molar-refractivity contribution >= 4 is 34.8 Å². The SMILES string of the molecule is Nc1nc2[nH]cc(CCc3ccc(C(=O)N[C@@H](CCC(=O)O)CC(=O)O)cc3)c2c(=O)[nH]1. The number of aromatic amines is 2. The quantitative estimate of drug-likeness (QED) is 0.269. The number of benzene rings is 1. The zero-order chi connectivity index (χ0) is 23.3. The second-order valence-corrected chi connectivity index (χ2v) is 7.39. The van der Waals surface area contributed by atoms with Gasteiger partial charge in [0, 0.05) is 24.2 Å². The van der Waals surface area contributed by atoms with Crippen molar-refractivity contribution < 1.29 is 24.6 Å². The highest BCUT2D eigenvalue weighted by Crippen LogP contribution is 2.16. The lowest BCUT2D eigenvalue weighted by atomic mass is 10.0. The zero-order valence-corrected chi connectivity index (χ0v) is 17.1. The van der Waals surface area contributed by atoms with Crippen LogP contribution in [0.1, 0.15) is 40.7 Å². The van der Waals surface area contributed by atoms with Crippen LogP contribution in [0.5, 0.6) is 0 Å². The summed E-state index contributed by atoms with van der Waals surface area (Å²) in [4.78, 5) is 55.8. The number of amides is 1. The van der Waals surface area contributed by atoms with Crippen molar-refractivity contribution in [3.8, 4) is 0 Å². The van der Waals surface area contributed by atoms with Gasteiger partial charge in [-0.1, -0.05) is 12.1 Å². The van der Waals surface area contributed by atoms with E-state index in [2.05, 4.69) is 20.3 Å². The van der Waals surface area contributed by atoms with Gasteiger partial charge in [-0.25, -0.2) is 0 Å². The molecule has 0 saturated carbocycles. The molecule has 1 aromatic carbocycles. The van der Waals surface area contributed by atoms with Crippen LogP contribution in [0.25, 0.3) is 11.0 Å². The minimum atomic E-state index is -1.12. The normalized spacial score (nSPS) is 11.9. The van der Waals surface area contributed by atoms with E-state index in [1.165, 1.54) is 0 Å². The average molecular weight is 441 g/mol. The number of fused-ring (bicyclic) bond motifs is 1. The highest BCUT2D eigenvalue weighted by molar-refractivity contribution is 5.94. The van der Waals surface area contributed by atoms with Crippen molar-refractivity contribution in [3.63, 3.8) is 0 Å². The molecule has 0 aliphatic heterocycles. The lowest BCUT2D eigenvalue weighted by molar-refractivity contribution is -0.139. The zero-order valence-electron chi connectivity index (χ0n) is 17.1. The van der Waals surface area contributed by atoms with E-state index in [1.807, 2.05) is 0 Å². The molecule has 0 aliphatic carbocycles. The molecule has 1 amide bonds. The first-order valence-corrected chi connectivity index (χ1v) is 9.92. The Morgan fingerprint density at radius 1 is 1.09 bits per heavy atom. The Bertz CT molecular complexity index is 1200. The number of hydrogen-bond acceptors (Lipinski definition) is 6. The number of anilines is 1. The molecular formula is C21H23N5O6. The van der Waals surface area contributed by atoms with E-state index in [-0.39, 0.29) is 30.8 Å².